The number of nitrogens with zero attached hydrogens (tertiary/aromatic N) is 3. The Hall–Kier alpha value is -2.21. The van der Waals surface area contributed by atoms with E-state index in [1.54, 1.807) is 12.4 Å². The Labute approximate surface area is 88.1 Å². The Morgan fingerprint density at radius 1 is 1.13 bits per heavy atom. The molecule has 0 unspecified atom stereocenters. The first-order valence-electron chi connectivity index (χ1n) is 4.63. The van der Waals surface area contributed by atoms with Crippen molar-refractivity contribution < 1.29 is 0 Å². The molecule has 3 heteroatoms. The monoisotopic (exact) mass is 195 g/mol. The van der Waals surface area contributed by atoms with Crippen LogP contribution in [0.3, 0.4) is 0 Å². The molecule has 2 heterocycles. The van der Waals surface area contributed by atoms with E-state index in [-0.39, 0.29) is 0 Å². The zero-order valence-corrected chi connectivity index (χ0v) is 8.09. The number of hydrogen-bond donors (Lipinski definition) is 0. The minimum Gasteiger partial charge on any atom is -0.265 e. The molecule has 72 valence electrons. The van der Waals surface area contributed by atoms with Crippen molar-refractivity contribution in [2.45, 2.75) is 6.42 Å². The Balaban J connectivity index is 2.38. The lowest BCUT2D eigenvalue weighted by Gasteiger charge is -2.01. The Bertz CT molecular complexity index is 486. The zero-order chi connectivity index (χ0) is 10.5. The van der Waals surface area contributed by atoms with Crippen LogP contribution in [-0.4, -0.2) is 9.97 Å². The lowest BCUT2D eigenvalue weighted by Crippen LogP contribution is -1.90. The van der Waals surface area contributed by atoms with E-state index < -0.39 is 0 Å². The maximum atomic E-state index is 8.58. The van der Waals surface area contributed by atoms with Crippen molar-refractivity contribution in [3.05, 3.63) is 48.4 Å². The summed E-state index contributed by atoms with van der Waals surface area (Å²) in [6, 6.07) is 11.6. The van der Waals surface area contributed by atoms with Gasteiger partial charge in [0.25, 0.3) is 0 Å². The molecule has 0 atom stereocenters. The first-order chi connectivity index (χ1) is 7.40. The Morgan fingerprint density at radius 3 is 2.67 bits per heavy atom. The van der Waals surface area contributed by atoms with Gasteiger partial charge in [0.15, 0.2) is 0 Å². The fourth-order valence-corrected chi connectivity index (χ4v) is 1.34. The van der Waals surface area contributed by atoms with Gasteiger partial charge in [0.1, 0.15) is 0 Å². The molecule has 0 aliphatic carbocycles. The van der Waals surface area contributed by atoms with Crippen LogP contribution in [0.4, 0.5) is 0 Å². The van der Waals surface area contributed by atoms with Gasteiger partial charge in [0.05, 0.1) is 23.9 Å². The Kier molecular flexibility index (Phi) is 2.70. The lowest BCUT2D eigenvalue weighted by atomic mass is 10.1. The molecule has 2 aromatic heterocycles. The fraction of sp³-hybridized carbons (Fsp3) is 0.0833. The Morgan fingerprint density at radius 2 is 1.93 bits per heavy atom. The molecule has 0 bridgehead atoms. The van der Waals surface area contributed by atoms with E-state index in [9.17, 15) is 0 Å². The van der Waals surface area contributed by atoms with E-state index in [2.05, 4.69) is 16.0 Å². The van der Waals surface area contributed by atoms with E-state index >= 15 is 0 Å². The zero-order valence-electron chi connectivity index (χ0n) is 8.09. The number of pyridine rings is 2. The maximum absolute atomic E-state index is 8.58. The third kappa shape index (κ3) is 2.18. The highest BCUT2D eigenvalue weighted by Crippen LogP contribution is 2.15. The van der Waals surface area contributed by atoms with Crippen LogP contribution in [0.2, 0.25) is 0 Å². The normalized spacial score (nSPS) is 9.53. The molecular weight excluding hydrogens is 186 g/mol. The average Bonchev–Trinajstić information content (AvgIpc) is 2.31. The highest BCUT2D eigenvalue weighted by Gasteiger charge is 1.99. The molecule has 2 rings (SSSR count). The van der Waals surface area contributed by atoms with E-state index in [0.29, 0.717) is 6.42 Å². The molecule has 0 saturated heterocycles. The average molecular weight is 195 g/mol. The second-order valence-electron chi connectivity index (χ2n) is 3.08. The molecular formula is C12H9N3. The van der Waals surface area contributed by atoms with Crippen molar-refractivity contribution in [3.8, 4) is 17.3 Å². The summed E-state index contributed by atoms with van der Waals surface area (Å²) < 4.78 is 0. The van der Waals surface area contributed by atoms with E-state index in [4.69, 9.17) is 5.26 Å². The second kappa shape index (κ2) is 4.34. The van der Waals surface area contributed by atoms with Gasteiger partial charge in [-0.2, -0.15) is 5.26 Å². The van der Waals surface area contributed by atoms with Crippen LogP contribution in [0, 0.1) is 11.3 Å². The number of rotatable bonds is 2. The molecule has 0 saturated carbocycles. The van der Waals surface area contributed by atoms with E-state index in [1.807, 2.05) is 30.3 Å². The van der Waals surface area contributed by atoms with Crippen LogP contribution < -0.4 is 0 Å². The second-order valence-corrected chi connectivity index (χ2v) is 3.08. The number of aromatic nitrogens is 2. The minimum absolute atomic E-state index is 0.346. The van der Waals surface area contributed by atoms with Gasteiger partial charge in [-0.1, -0.05) is 6.07 Å². The molecule has 0 aliphatic heterocycles. The van der Waals surface area contributed by atoms with Crippen LogP contribution in [-0.2, 0) is 6.42 Å². The molecule has 0 radical (unpaired) electrons. The summed E-state index contributed by atoms with van der Waals surface area (Å²) in [5, 5.41) is 8.58. The summed E-state index contributed by atoms with van der Waals surface area (Å²) >= 11 is 0. The molecule has 3 nitrogen and oxygen atoms in total. The summed E-state index contributed by atoms with van der Waals surface area (Å²) in [5.74, 6) is 0. The number of hydrogen-bond acceptors (Lipinski definition) is 3. The summed E-state index contributed by atoms with van der Waals surface area (Å²) in [6.07, 6.45) is 3.81. The molecule has 2 aromatic rings. The summed E-state index contributed by atoms with van der Waals surface area (Å²) in [6.45, 7) is 0. The molecule has 0 amide bonds. The highest BCUT2D eigenvalue weighted by molar-refractivity contribution is 5.58. The fourth-order valence-electron chi connectivity index (χ4n) is 1.34. The van der Waals surface area contributed by atoms with Gasteiger partial charge in [-0.15, -0.1) is 0 Å². The van der Waals surface area contributed by atoms with Gasteiger partial charge in [-0.25, -0.2) is 0 Å². The highest BCUT2D eigenvalue weighted by atomic mass is 14.7. The summed E-state index contributed by atoms with van der Waals surface area (Å²) in [5.41, 5.74) is 2.70. The first-order valence-corrected chi connectivity index (χ1v) is 4.63. The minimum atomic E-state index is 0.346. The van der Waals surface area contributed by atoms with Gasteiger partial charge < -0.3 is 0 Å². The quantitative estimate of drug-likeness (QED) is 0.738. The molecule has 0 N–H and O–H groups in total. The molecule has 0 aromatic carbocycles. The molecule has 0 fully saturated rings. The van der Waals surface area contributed by atoms with Crippen LogP contribution in [0.1, 0.15) is 5.69 Å². The molecule has 0 spiro atoms. The van der Waals surface area contributed by atoms with Gasteiger partial charge in [0, 0.05) is 18.0 Å². The van der Waals surface area contributed by atoms with Gasteiger partial charge in [-0.05, 0) is 24.3 Å². The molecule has 0 aliphatic rings. The van der Waals surface area contributed by atoms with Crippen molar-refractivity contribution >= 4 is 0 Å². The maximum Gasteiger partial charge on any atom is 0.0774 e. The number of nitriles is 1. The van der Waals surface area contributed by atoms with Gasteiger partial charge in [-0.3, -0.25) is 9.97 Å². The topological polar surface area (TPSA) is 49.6 Å². The first kappa shape index (κ1) is 9.35. The van der Waals surface area contributed by atoms with E-state index in [0.717, 1.165) is 17.0 Å². The van der Waals surface area contributed by atoms with Crippen molar-refractivity contribution in [2.75, 3.05) is 0 Å². The third-order valence-corrected chi connectivity index (χ3v) is 2.04. The summed E-state index contributed by atoms with van der Waals surface area (Å²) in [4.78, 5) is 8.33. The van der Waals surface area contributed by atoms with Crippen molar-refractivity contribution in [3.63, 3.8) is 0 Å². The molecule has 15 heavy (non-hydrogen) atoms. The van der Waals surface area contributed by atoms with Crippen LogP contribution in [0.5, 0.6) is 0 Å². The summed E-state index contributed by atoms with van der Waals surface area (Å²) in [7, 11) is 0. The van der Waals surface area contributed by atoms with Crippen LogP contribution in [0.15, 0.2) is 42.7 Å². The smallest absolute Gasteiger partial charge is 0.0774 e. The lowest BCUT2D eigenvalue weighted by molar-refractivity contribution is 1.12. The largest absolute Gasteiger partial charge is 0.265 e. The van der Waals surface area contributed by atoms with Crippen LogP contribution in [0.25, 0.3) is 11.3 Å². The van der Waals surface area contributed by atoms with Crippen molar-refractivity contribution in [2.24, 2.45) is 0 Å². The third-order valence-electron chi connectivity index (χ3n) is 2.04. The van der Waals surface area contributed by atoms with E-state index in [1.165, 1.54) is 0 Å². The predicted molar refractivity (Wildman–Crippen MR) is 56.8 cm³/mol. The SMILES string of the molecule is N#CCc1cccc(-c2ccncc2)n1. The van der Waals surface area contributed by atoms with Gasteiger partial charge in [0.2, 0.25) is 0 Å². The predicted octanol–water partition coefficient (Wildman–Crippen LogP) is 2.21. The van der Waals surface area contributed by atoms with Crippen LogP contribution >= 0.6 is 0 Å². The standard InChI is InChI=1S/C12H9N3/c13-7-4-11-2-1-3-12(15-11)10-5-8-14-9-6-10/h1-3,5-6,8-9H,4H2. The van der Waals surface area contributed by atoms with Crippen molar-refractivity contribution in [1.82, 2.24) is 9.97 Å². The van der Waals surface area contributed by atoms with Crippen molar-refractivity contribution in [1.29, 1.82) is 5.26 Å². The van der Waals surface area contributed by atoms with Gasteiger partial charge >= 0.3 is 0 Å².